The van der Waals surface area contributed by atoms with E-state index < -0.39 is 20.6 Å². The van der Waals surface area contributed by atoms with E-state index in [1.165, 1.54) is 28.6 Å². The van der Waals surface area contributed by atoms with Gasteiger partial charge >= 0.3 is 0 Å². The third-order valence-corrected chi connectivity index (χ3v) is 6.75. The summed E-state index contributed by atoms with van der Waals surface area (Å²) < 4.78 is 26.8. The molecule has 9 nitrogen and oxygen atoms in total. The summed E-state index contributed by atoms with van der Waals surface area (Å²) in [6.45, 7) is 2.99. The fraction of sp³-hybridized carbons (Fsp3) is 0.562. The van der Waals surface area contributed by atoms with Crippen molar-refractivity contribution in [3.8, 4) is 0 Å². The Labute approximate surface area is 152 Å². The van der Waals surface area contributed by atoms with Gasteiger partial charge in [0.2, 0.25) is 15.9 Å². The number of nitrogens with one attached hydrogen (secondary N) is 1. The number of piperazine rings is 1. The maximum absolute atomic E-state index is 12.8. The molecule has 1 heterocycles. The highest BCUT2D eigenvalue weighted by Crippen LogP contribution is 2.27. The molecule has 1 aliphatic carbocycles. The number of benzene rings is 1. The second-order valence-electron chi connectivity index (χ2n) is 6.62. The summed E-state index contributed by atoms with van der Waals surface area (Å²) in [4.78, 5) is 24.2. The Morgan fingerprint density at radius 1 is 1.23 bits per heavy atom. The van der Waals surface area contributed by atoms with E-state index in [-0.39, 0.29) is 36.0 Å². The van der Waals surface area contributed by atoms with Crippen LogP contribution in [0.4, 0.5) is 5.69 Å². The van der Waals surface area contributed by atoms with Crippen LogP contribution in [0, 0.1) is 10.1 Å². The minimum absolute atomic E-state index is 0.0393. The second kappa shape index (κ2) is 7.29. The van der Waals surface area contributed by atoms with Crippen molar-refractivity contribution in [1.82, 2.24) is 14.5 Å². The number of hydrogen-bond acceptors (Lipinski definition) is 6. The maximum atomic E-state index is 12.8. The molecule has 1 unspecified atom stereocenters. The maximum Gasteiger partial charge on any atom is 0.289 e. The lowest BCUT2D eigenvalue weighted by Crippen LogP contribution is -2.55. The second-order valence-corrected chi connectivity index (χ2v) is 8.53. The van der Waals surface area contributed by atoms with E-state index in [9.17, 15) is 23.3 Å². The number of rotatable bonds is 6. The Kier molecular flexibility index (Phi) is 5.26. The van der Waals surface area contributed by atoms with E-state index >= 15 is 0 Å². The molecule has 1 saturated heterocycles. The normalized spacial score (nSPS) is 20.5. The predicted molar refractivity (Wildman–Crippen MR) is 94.1 cm³/mol. The lowest BCUT2D eigenvalue weighted by molar-refractivity contribution is -0.387. The summed E-state index contributed by atoms with van der Waals surface area (Å²) >= 11 is 0. The minimum Gasteiger partial charge on any atom is -0.352 e. The summed E-state index contributed by atoms with van der Waals surface area (Å²) in [6, 6.07) is 5.31. The number of para-hydroxylation sites is 1. The van der Waals surface area contributed by atoms with Gasteiger partial charge in [0.1, 0.15) is 0 Å². The molecule has 1 atom stereocenters. The fourth-order valence-electron chi connectivity index (χ4n) is 3.01. The third kappa shape index (κ3) is 3.87. The molecule has 1 N–H and O–H groups in total. The first-order valence-corrected chi connectivity index (χ1v) is 10.0. The number of carbonyl (C=O) groups is 1. The van der Waals surface area contributed by atoms with Gasteiger partial charge in [-0.3, -0.25) is 19.8 Å². The molecule has 3 rings (SSSR count). The number of nitrogens with zero attached hydrogens (tertiary/aromatic N) is 3. The van der Waals surface area contributed by atoms with E-state index in [1.54, 1.807) is 0 Å². The van der Waals surface area contributed by atoms with Gasteiger partial charge in [-0.25, -0.2) is 8.42 Å². The lowest BCUT2D eigenvalue weighted by Gasteiger charge is -2.36. The summed E-state index contributed by atoms with van der Waals surface area (Å²) in [5.74, 6) is -0.0393. The van der Waals surface area contributed by atoms with Crippen molar-refractivity contribution in [2.75, 3.05) is 26.2 Å². The van der Waals surface area contributed by atoms with Crippen molar-refractivity contribution in [3.63, 3.8) is 0 Å². The molecule has 1 aliphatic heterocycles. The smallest absolute Gasteiger partial charge is 0.289 e. The molecule has 0 aromatic heterocycles. The highest BCUT2D eigenvalue weighted by atomic mass is 32.2. The van der Waals surface area contributed by atoms with Gasteiger partial charge in [0.25, 0.3) is 5.69 Å². The van der Waals surface area contributed by atoms with Crippen LogP contribution < -0.4 is 5.32 Å². The number of nitro groups is 1. The van der Waals surface area contributed by atoms with Crippen LogP contribution in [-0.2, 0) is 14.8 Å². The third-order valence-electron chi connectivity index (χ3n) is 4.80. The quantitative estimate of drug-likeness (QED) is 0.568. The van der Waals surface area contributed by atoms with E-state index in [0.29, 0.717) is 13.1 Å². The molecule has 142 valence electrons. The molecule has 1 aromatic carbocycles. The molecule has 1 saturated carbocycles. The summed E-state index contributed by atoms with van der Waals surface area (Å²) in [5.41, 5.74) is -0.424. The molecule has 0 radical (unpaired) electrons. The van der Waals surface area contributed by atoms with Gasteiger partial charge < -0.3 is 5.32 Å². The number of amides is 1. The first kappa shape index (κ1) is 18.7. The summed E-state index contributed by atoms with van der Waals surface area (Å²) in [5, 5.41) is 14.1. The van der Waals surface area contributed by atoms with Crippen LogP contribution in [0.5, 0.6) is 0 Å². The number of nitro benzene ring substituents is 1. The van der Waals surface area contributed by atoms with Crippen molar-refractivity contribution < 1.29 is 18.1 Å². The van der Waals surface area contributed by atoms with Crippen LogP contribution in [0.1, 0.15) is 19.8 Å². The van der Waals surface area contributed by atoms with Crippen molar-refractivity contribution in [2.24, 2.45) is 0 Å². The zero-order valence-corrected chi connectivity index (χ0v) is 15.3. The van der Waals surface area contributed by atoms with Crippen molar-refractivity contribution in [3.05, 3.63) is 34.4 Å². The molecule has 1 amide bonds. The van der Waals surface area contributed by atoms with Crippen LogP contribution >= 0.6 is 0 Å². The Morgan fingerprint density at radius 3 is 2.42 bits per heavy atom. The average Bonchev–Trinajstić information content (AvgIpc) is 3.45. The molecule has 2 aliphatic rings. The van der Waals surface area contributed by atoms with E-state index in [2.05, 4.69) is 5.32 Å². The van der Waals surface area contributed by atoms with E-state index in [0.717, 1.165) is 12.8 Å². The molecular weight excluding hydrogens is 360 g/mol. The van der Waals surface area contributed by atoms with Crippen molar-refractivity contribution in [1.29, 1.82) is 0 Å². The fourth-order valence-corrected chi connectivity index (χ4v) is 4.59. The summed E-state index contributed by atoms with van der Waals surface area (Å²) in [6.07, 6.45) is 2.03. The monoisotopic (exact) mass is 382 g/mol. The zero-order chi connectivity index (χ0) is 18.9. The van der Waals surface area contributed by atoms with E-state index in [4.69, 9.17) is 0 Å². The Morgan fingerprint density at radius 2 is 1.85 bits per heavy atom. The highest BCUT2D eigenvalue weighted by molar-refractivity contribution is 7.89. The molecule has 1 aromatic rings. The number of sulfonamides is 1. The molecule has 26 heavy (non-hydrogen) atoms. The molecule has 10 heteroatoms. The van der Waals surface area contributed by atoms with Gasteiger partial charge in [-0.15, -0.1) is 0 Å². The van der Waals surface area contributed by atoms with Crippen LogP contribution in [0.3, 0.4) is 0 Å². The SMILES string of the molecule is CC(C(=O)NC1CC1)N1CCN(S(=O)(=O)c2ccccc2[N+](=O)[O-])CC1. The Bertz CT molecular complexity index is 801. The topological polar surface area (TPSA) is 113 Å². The van der Waals surface area contributed by atoms with Crippen LogP contribution in [0.15, 0.2) is 29.2 Å². The van der Waals surface area contributed by atoms with Crippen molar-refractivity contribution >= 4 is 21.6 Å². The van der Waals surface area contributed by atoms with Gasteiger partial charge in [-0.05, 0) is 25.8 Å². The van der Waals surface area contributed by atoms with Crippen LogP contribution in [0.2, 0.25) is 0 Å². The van der Waals surface area contributed by atoms with Gasteiger partial charge in [-0.2, -0.15) is 4.31 Å². The molecule has 2 fully saturated rings. The predicted octanol–water partition coefficient (Wildman–Crippen LogP) is 0.568. The Hall–Kier alpha value is -2.04. The van der Waals surface area contributed by atoms with Gasteiger partial charge in [0.15, 0.2) is 4.90 Å². The lowest BCUT2D eigenvalue weighted by atomic mass is 10.2. The standard InChI is InChI=1S/C16H22N4O5S/c1-12(16(21)17-13-6-7-13)18-8-10-19(11-9-18)26(24,25)15-5-3-2-4-14(15)20(22)23/h2-5,12-13H,6-11H2,1H3,(H,17,21). The highest BCUT2D eigenvalue weighted by Gasteiger charge is 2.36. The van der Waals surface area contributed by atoms with Crippen molar-refractivity contribution in [2.45, 2.75) is 36.7 Å². The minimum atomic E-state index is -3.95. The number of carbonyl (C=O) groups excluding carboxylic acids is 1. The largest absolute Gasteiger partial charge is 0.352 e. The van der Waals surface area contributed by atoms with Gasteiger partial charge in [0, 0.05) is 38.3 Å². The summed E-state index contributed by atoms with van der Waals surface area (Å²) in [7, 11) is -3.95. The first-order chi connectivity index (χ1) is 12.3. The van der Waals surface area contributed by atoms with Crippen LogP contribution in [0.25, 0.3) is 0 Å². The van der Waals surface area contributed by atoms with Gasteiger partial charge in [-0.1, -0.05) is 12.1 Å². The van der Waals surface area contributed by atoms with E-state index in [1.807, 2.05) is 11.8 Å². The molecule has 0 bridgehead atoms. The zero-order valence-electron chi connectivity index (χ0n) is 14.5. The van der Waals surface area contributed by atoms with Crippen LogP contribution in [-0.4, -0.2) is 66.7 Å². The molecular formula is C16H22N4O5S. The average molecular weight is 382 g/mol. The number of hydrogen-bond donors (Lipinski definition) is 1. The molecule has 0 spiro atoms. The van der Waals surface area contributed by atoms with Gasteiger partial charge in [0.05, 0.1) is 11.0 Å². The Balaban J connectivity index is 1.67. The first-order valence-electron chi connectivity index (χ1n) is 8.58.